The van der Waals surface area contributed by atoms with Gasteiger partial charge in [0.1, 0.15) is 12.4 Å². The lowest BCUT2D eigenvalue weighted by Gasteiger charge is -2.20. The van der Waals surface area contributed by atoms with E-state index in [1.807, 2.05) is 4.81 Å². The normalized spacial score (nSPS) is 14.4. The lowest BCUT2D eigenvalue weighted by molar-refractivity contribution is -0.138. The number of methoxy groups -OCH3 is 1. The largest absolute Gasteiger partial charge is 0.496 e. The van der Waals surface area contributed by atoms with E-state index in [1.54, 1.807) is 45.4 Å². The summed E-state index contributed by atoms with van der Waals surface area (Å²) in [7, 11) is 1.44. The van der Waals surface area contributed by atoms with Crippen molar-refractivity contribution in [1.29, 1.82) is 0 Å². The maximum absolute atomic E-state index is 15.4. The van der Waals surface area contributed by atoms with Gasteiger partial charge in [-0.2, -0.15) is 0 Å². The summed E-state index contributed by atoms with van der Waals surface area (Å²) in [6, 6.07) is 14.0. The van der Waals surface area contributed by atoms with E-state index in [9.17, 15) is 27.9 Å². The molecule has 3 aromatic carbocycles. The molecular weight excluding hydrogens is 630 g/mol. The van der Waals surface area contributed by atoms with Gasteiger partial charge in [0.25, 0.3) is 5.56 Å². The molecule has 1 aliphatic rings. The number of benzene rings is 3. The zero-order valence-electron chi connectivity index (χ0n) is 25.9. The SMILES string of the molecule is BN(C)Cc1cc(NC(=O)OC[C@H](F)c2ccc(C(Nc3ccc4cc[nH]c(=O)c4c3)C(=O)O)cc2OC)ccc1S(=O)(=O)C1CC1. The second kappa shape index (κ2) is 13.9. The second-order valence-corrected chi connectivity index (χ2v) is 13.7. The number of nitrogens with zero attached hydrogens (tertiary/aromatic N) is 1. The number of halogens is 1. The van der Waals surface area contributed by atoms with Crippen molar-refractivity contribution in [3.05, 3.63) is 93.9 Å². The predicted octanol–water partition coefficient (Wildman–Crippen LogP) is 3.95. The third kappa shape index (κ3) is 7.75. The molecule has 47 heavy (non-hydrogen) atoms. The van der Waals surface area contributed by atoms with Gasteiger partial charge in [-0.1, -0.05) is 18.2 Å². The number of carboxylic acid groups (broad SMARTS) is 1. The Morgan fingerprint density at radius 3 is 2.53 bits per heavy atom. The first-order valence-corrected chi connectivity index (χ1v) is 16.3. The number of ether oxygens (including phenoxy) is 2. The number of nitrogens with one attached hydrogen (secondary N) is 3. The van der Waals surface area contributed by atoms with Gasteiger partial charge in [0.05, 0.1) is 17.3 Å². The fourth-order valence-corrected chi connectivity index (χ4v) is 7.11. The number of aromatic nitrogens is 1. The fourth-order valence-electron chi connectivity index (χ4n) is 5.24. The van der Waals surface area contributed by atoms with Crippen molar-refractivity contribution in [3.63, 3.8) is 0 Å². The van der Waals surface area contributed by atoms with Gasteiger partial charge in [-0.05, 0) is 78.9 Å². The molecule has 1 saturated carbocycles. The molecule has 1 aromatic heterocycles. The number of alkyl halides is 1. The van der Waals surface area contributed by atoms with E-state index in [-0.39, 0.29) is 32.6 Å². The van der Waals surface area contributed by atoms with Crippen LogP contribution in [0.1, 0.15) is 41.7 Å². The number of sulfone groups is 1. The van der Waals surface area contributed by atoms with Crippen LogP contribution in [0.15, 0.2) is 76.6 Å². The number of H-pyrrole nitrogens is 1. The van der Waals surface area contributed by atoms with Gasteiger partial charge in [0, 0.05) is 35.1 Å². The van der Waals surface area contributed by atoms with E-state index < -0.39 is 40.7 Å². The zero-order chi connectivity index (χ0) is 33.9. The van der Waals surface area contributed by atoms with Crippen molar-refractivity contribution in [1.82, 2.24) is 9.79 Å². The van der Waals surface area contributed by atoms with Gasteiger partial charge in [0.15, 0.2) is 30.0 Å². The van der Waals surface area contributed by atoms with Crippen LogP contribution in [-0.2, 0) is 25.9 Å². The number of pyridine rings is 1. The summed E-state index contributed by atoms with van der Waals surface area (Å²) in [5, 5.41) is 16.1. The Balaban J connectivity index is 1.26. The third-order valence-electron chi connectivity index (χ3n) is 7.69. The zero-order valence-corrected chi connectivity index (χ0v) is 26.8. The van der Waals surface area contributed by atoms with Crippen LogP contribution in [0.5, 0.6) is 5.75 Å². The van der Waals surface area contributed by atoms with Crippen LogP contribution >= 0.6 is 0 Å². The third-order valence-corrected chi connectivity index (χ3v) is 10.0. The highest BCUT2D eigenvalue weighted by Crippen LogP contribution is 2.36. The minimum atomic E-state index is -3.47. The number of fused-ring (bicyclic) bond motifs is 1. The predicted molar refractivity (Wildman–Crippen MR) is 177 cm³/mol. The maximum atomic E-state index is 15.4. The van der Waals surface area contributed by atoms with Gasteiger partial charge in [-0.25, -0.2) is 22.4 Å². The van der Waals surface area contributed by atoms with E-state index in [0.717, 1.165) is 0 Å². The Morgan fingerprint density at radius 2 is 1.85 bits per heavy atom. The summed E-state index contributed by atoms with van der Waals surface area (Å²) in [6.45, 7) is -0.346. The highest BCUT2D eigenvalue weighted by atomic mass is 32.2. The Labute approximate surface area is 271 Å². The number of carbonyl (C=O) groups excluding carboxylic acids is 1. The standard InChI is InChI=1S/C32H34BFN4O8S/c1-38(33)16-20-13-21(6-10-28(20)47(43,44)23-7-8-23)37-32(42)46-17-26(34)24-9-4-19(14-27(24)45-2)29(31(40)41)36-22-5-3-18-11-12-35-30(39)25(18)15-22/h3-6,9-15,23,26,29,36H,7-8,16-17,33H2,1-2H3,(H,35,39)(H,37,42)(H,40,41)/t26-,29?/m0/s1. The van der Waals surface area contributed by atoms with E-state index >= 15 is 4.39 Å². The summed E-state index contributed by atoms with van der Waals surface area (Å²) >= 11 is 0. The Morgan fingerprint density at radius 1 is 1.11 bits per heavy atom. The minimum absolute atomic E-state index is 0.0355. The Kier molecular flexibility index (Phi) is 9.87. The molecule has 0 radical (unpaired) electrons. The fraction of sp³-hybridized carbons (Fsp3) is 0.281. The molecule has 0 bridgehead atoms. The minimum Gasteiger partial charge on any atom is -0.496 e. The number of hydrogen-bond donors (Lipinski definition) is 4. The molecule has 4 aromatic rings. The van der Waals surface area contributed by atoms with E-state index in [2.05, 4.69) is 15.6 Å². The van der Waals surface area contributed by atoms with Crippen molar-refractivity contribution in [2.45, 2.75) is 41.7 Å². The molecule has 1 aliphatic carbocycles. The molecule has 246 valence electrons. The lowest BCUT2D eigenvalue weighted by Crippen LogP contribution is -2.21. The molecular formula is C32H34BFN4O8S. The molecule has 1 fully saturated rings. The number of aromatic amines is 1. The number of hydrogen-bond acceptors (Lipinski definition) is 9. The van der Waals surface area contributed by atoms with E-state index in [4.69, 9.17) is 9.47 Å². The molecule has 0 aliphatic heterocycles. The first-order chi connectivity index (χ1) is 22.4. The average Bonchev–Trinajstić information content (AvgIpc) is 3.89. The average molecular weight is 665 g/mol. The van der Waals surface area contributed by atoms with Crippen LogP contribution in [0.4, 0.5) is 20.6 Å². The topological polar surface area (TPSA) is 167 Å². The molecule has 0 spiro atoms. The highest BCUT2D eigenvalue weighted by Gasteiger charge is 2.38. The van der Waals surface area contributed by atoms with Gasteiger partial charge < -0.3 is 29.7 Å². The van der Waals surface area contributed by atoms with Crippen molar-refractivity contribution in [2.75, 3.05) is 31.4 Å². The first kappa shape index (κ1) is 33.5. The molecule has 15 heteroatoms. The van der Waals surface area contributed by atoms with Crippen LogP contribution in [0, 0.1) is 0 Å². The molecule has 12 nitrogen and oxygen atoms in total. The molecule has 2 atom stereocenters. The maximum Gasteiger partial charge on any atom is 0.411 e. The highest BCUT2D eigenvalue weighted by molar-refractivity contribution is 7.92. The number of amides is 1. The number of anilines is 2. The van der Waals surface area contributed by atoms with Gasteiger partial charge in [-0.15, -0.1) is 0 Å². The first-order valence-electron chi connectivity index (χ1n) is 14.8. The number of rotatable bonds is 13. The molecule has 1 unspecified atom stereocenters. The van der Waals surface area contributed by atoms with Crippen LogP contribution in [0.25, 0.3) is 10.8 Å². The number of aliphatic carboxylic acids is 1. The number of carbonyl (C=O) groups is 2. The monoisotopic (exact) mass is 664 g/mol. The summed E-state index contributed by atoms with van der Waals surface area (Å²) < 4.78 is 51.6. The van der Waals surface area contributed by atoms with Crippen molar-refractivity contribution in [3.8, 4) is 5.75 Å². The molecule has 1 heterocycles. The van der Waals surface area contributed by atoms with Crippen LogP contribution < -0.4 is 20.9 Å². The molecule has 0 saturated heterocycles. The molecule has 1 amide bonds. The Hall–Kier alpha value is -4.89. The number of carboxylic acids is 1. The summed E-state index contributed by atoms with van der Waals surface area (Å²) in [6.07, 6.45) is 0.0110. The summed E-state index contributed by atoms with van der Waals surface area (Å²) in [4.78, 5) is 41.6. The van der Waals surface area contributed by atoms with Crippen molar-refractivity contribution >= 4 is 52.0 Å². The van der Waals surface area contributed by atoms with Gasteiger partial charge in [-0.3, -0.25) is 10.1 Å². The quantitative estimate of drug-likeness (QED) is 0.154. The molecule has 5 rings (SSSR count). The second-order valence-electron chi connectivity index (χ2n) is 11.5. The summed E-state index contributed by atoms with van der Waals surface area (Å²) in [5.74, 6) is -1.17. The van der Waals surface area contributed by atoms with Crippen molar-refractivity contribution < 1.29 is 37.0 Å². The smallest absolute Gasteiger partial charge is 0.411 e. The van der Waals surface area contributed by atoms with Crippen LogP contribution in [0.2, 0.25) is 0 Å². The van der Waals surface area contributed by atoms with Crippen LogP contribution in [-0.4, -0.2) is 69.4 Å². The van der Waals surface area contributed by atoms with Gasteiger partial charge >= 0.3 is 12.1 Å². The van der Waals surface area contributed by atoms with Crippen LogP contribution in [0.3, 0.4) is 0 Å². The van der Waals surface area contributed by atoms with E-state index in [0.29, 0.717) is 47.1 Å². The van der Waals surface area contributed by atoms with E-state index in [1.165, 1.54) is 43.6 Å². The Bertz CT molecular complexity index is 1980. The van der Waals surface area contributed by atoms with Gasteiger partial charge in [0.2, 0.25) is 0 Å². The summed E-state index contributed by atoms with van der Waals surface area (Å²) in [5.41, 5.74) is 1.18. The van der Waals surface area contributed by atoms with Crippen molar-refractivity contribution in [2.24, 2.45) is 0 Å². The molecule has 4 N–H and O–H groups in total. The lowest BCUT2D eigenvalue weighted by atomic mass is 10.0.